The molecule has 182 valence electrons. The predicted octanol–water partition coefficient (Wildman–Crippen LogP) is 2.60. The maximum atomic E-state index is 13.5. The van der Waals surface area contributed by atoms with Crippen molar-refractivity contribution in [1.82, 2.24) is 0 Å². The summed E-state index contributed by atoms with van der Waals surface area (Å²) in [6, 6.07) is 0. The van der Waals surface area contributed by atoms with Gasteiger partial charge in [0.15, 0.2) is 5.60 Å². The van der Waals surface area contributed by atoms with Crippen molar-refractivity contribution in [1.29, 1.82) is 0 Å². The van der Waals surface area contributed by atoms with Crippen LogP contribution < -0.4 is 0 Å². The van der Waals surface area contributed by atoms with Gasteiger partial charge in [0.1, 0.15) is 24.2 Å². The fraction of sp³-hybridized carbons (Fsp3) is 0.800. The van der Waals surface area contributed by atoms with Gasteiger partial charge in [-0.05, 0) is 58.8 Å². The number of allylic oxidation sites excluding steroid dienone is 1. The molecule has 5 fully saturated rings. The zero-order valence-corrected chi connectivity index (χ0v) is 19.9. The molecule has 3 saturated heterocycles. The van der Waals surface area contributed by atoms with E-state index in [2.05, 4.69) is 6.92 Å². The van der Waals surface area contributed by atoms with Crippen molar-refractivity contribution in [2.45, 2.75) is 95.5 Å². The van der Waals surface area contributed by atoms with Crippen LogP contribution in [-0.2, 0) is 33.3 Å². The standard InChI is InChI=1S/C25H34O8/c1-5-15(2)19(28)32-24-8-6-7-16-21(3)9-10-23(12-18(27)30-13-23)33-22(21,4)11-17(26)25(16,24)20(29)31-14-24/h5,16-17,26H,6-14H2,1-4H3/b15-5+/t16-,17+,21-,22+,23-,24-,25+/m1/s1. The molecular formula is C25H34O8. The van der Waals surface area contributed by atoms with Crippen LogP contribution in [0.3, 0.4) is 0 Å². The van der Waals surface area contributed by atoms with E-state index in [1.54, 1.807) is 19.9 Å². The van der Waals surface area contributed by atoms with Gasteiger partial charge >= 0.3 is 17.9 Å². The Kier molecular flexibility index (Phi) is 4.87. The second kappa shape index (κ2) is 7.04. The van der Waals surface area contributed by atoms with Gasteiger partial charge < -0.3 is 24.1 Å². The number of hydrogen-bond acceptors (Lipinski definition) is 8. The SMILES string of the molecule is C/C=C(\C)C(=O)O[C@@]12CCC[C@H]3[C@@]1(C(=O)OC2)[C@@H](O)C[C@]1(C)O[C@@]2(CC[C@]31C)COC(=O)C2. The highest BCUT2D eigenvalue weighted by atomic mass is 16.6. The lowest BCUT2D eigenvalue weighted by Crippen LogP contribution is -2.76. The van der Waals surface area contributed by atoms with Crippen LogP contribution >= 0.6 is 0 Å². The molecule has 7 atom stereocenters. The Bertz CT molecular complexity index is 943. The fourth-order valence-electron chi connectivity index (χ4n) is 7.75. The summed E-state index contributed by atoms with van der Waals surface area (Å²) in [7, 11) is 0. The minimum Gasteiger partial charge on any atom is -0.463 e. The van der Waals surface area contributed by atoms with Gasteiger partial charge in [-0.1, -0.05) is 13.0 Å². The van der Waals surface area contributed by atoms with E-state index in [4.69, 9.17) is 18.9 Å². The van der Waals surface area contributed by atoms with Crippen molar-refractivity contribution in [3.05, 3.63) is 11.6 Å². The third kappa shape index (κ3) is 2.74. The Balaban J connectivity index is 1.58. The third-order valence-electron chi connectivity index (χ3n) is 9.78. The normalized spacial score (nSPS) is 49.1. The summed E-state index contributed by atoms with van der Waals surface area (Å²) in [5, 5.41) is 11.7. The smallest absolute Gasteiger partial charge is 0.334 e. The molecule has 0 radical (unpaired) electrons. The van der Waals surface area contributed by atoms with Crippen molar-refractivity contribution in [3.63, 3.8) is 0 Å². The number of cyclic esters (lactones) is 2. The molecule has 0 aromatic heterocycles. The number of aliphatic hydroxyl groups is 1. The summed E-state index contributed by atoms with van der Waals surface area (Å²) in [4.78, 5) is 38.3. The summed E-state index contributed by atoms with van der Waals surface area (Å²) >= 11 is 0. The van der Waals surface area contributed by atoms with Crippen LogP contribution in [0.15, 0.2) is 11.6 Å². The summed E-state index contributed by atoms with van der Waals surface area (Å²) in [6.07, 6.45) is 4.22. The van der Waals surface area contributed by atoms with Crippen molar-refractivity contribution in [2.24, 2.45) is 16.7 Å². The van der Waals surface area contributed by atoms with Crippen LogP contribution in [0.2, 0.25) is 0 Å². The lowest BCUT2D eigenvalue weighted by Gasteiger charge is -2.68. The van der Waals surface area contributed by atoms with E-state index in [1.165, 1.54) is 0 Å². The number of aliphatic hydroxyl groups excluding tert-OH is 1. The number of carbonyl (C=O) groups is 3. The summed E-state index contributed by atoms with van der Waals surface area (Å²) in [5.41, 5.74) is -4.04. The van der Waals surface area contributed by atoms with Gasteiger partial charge in [-0.15, -0.1) is 0 Å². The van der Waals surface area contributed by atoms with E-state index in [0.717, 1.165) is 6.42 Å². The predicted molar refractivity (Wildman–Crippen MR) is 115 cm³/mol. The number of ether oxygens (including phenoxy) is 4. The number of rotatable bonds is 2. The summed E-state index contributed by atoms with van der Waals surface area (Å²) in [5.74, 6) is -1.52. The van der Waals surface area contributed by atoms with E-state index >= 15 is 0 Å². The van der Waals surface area contributed by atoms with Gasteiger partial charge in [0.25, 0.3) is 0 Å². The Morgan fingerprint density at radius 1 is 1.15 bits per heavy atom. The Hall–Kier alpha value is -1.93. The molecule has 33 heavy (non-hydrogen) atoms. The van der Waals surface area contributed by atoms with Gasteiger partial charge in [-0.2, -0.15) is 0 Å². The molecule has 5 rings (SSSR count). The van der Waals surface area contributed by atoms with Crippen molar-refractivity contribution in [2.75, 3.05) is 13.2 Å². The zero-order chi connectivity index (χ0) is 23.9. The lowest BCUT2D eigenvalue weighted by molar-refractivity contribution is -0.324. The van der Waals surface area contributed by atoms with Crippen LogP contribution in [0.5, 0.6) is 0 Å². The molecular weight excluding hydrogens is 428 g/mol. The largest absolute Gasteiger partial charge is 0.463 e. The summed E-state index contributed by atoms with van der Waals surface area (Å²) in [6.45, 7) is 7.73. The van der Waals surface area contributed by atoms with Crippen LogP contribution in [0.25, 0.3) is 0 Å². The Morgan fingerprint density at radius 3 is 2.58 bits per heavy atom. The molecule has 0 amide bonds. The first-order valence-corrected chi connectivity index (χ1v) is 12.0. The number of carbonyl (C=O) groups excluding carboxylic acids is 3. The molecule has 8 nitrogen and oxygen atoms in total. The minimum atomic E-state index is -1.33. The second-order valence-corrected chi connectivity index (χ2v) is 11.2. The van der Waals surface area contributed by atoms with Crippen molar-refractivity contribution in [3.8, 4) is 0 Å². The molecule has 5 aliphatic rings. The molecule has 2 aliphatic carbocycles. The minimum absolute atomic E-state index is 0.0396. The lowest BCUT2D eigenvalue weighted by atomic mass is 9.40. The first kappa shape index (κ1) is 22.8. The maximum absolute atomic E-state index is 13.5. The average molecular weight is 463 g/mol. The van der Waals surface area contributed by atoms with Crippen LogP contribution in [0, 0.1) is 16.7 Å². The molecule has 3 heterocycles. The monoisotopic (exact) mass is 462 g/mol. The van der Waals surface area contributed by atoms with E-state index in [0.29, 0.717) is 31.3 Å². The highest BCUT2D eigenvalue weighted by molar-refractivity contribution is 5.90. The van der Waals surface area contributed by atoms with E-state index in [9.17, 15) is 19.5 Å². The molecule has 0 unspecified atom stereocenters. The molecule has 0 aromatic rings. The van der Waals surface area contributed by atoms with Gasteiger partial charge in [0.2, 0.25) is 0 Å². The Labute approximate surface area is 194 Å². The van der Waals surface area contributed by atoms with Gasteiger partial charge in [0, 0.05) is 17.4 Å². The number of hydrogen-bond donors (Lipinski definition) is 1. The molecule has 2 spiro atoms. The number of fused-ring (bicyclic) bond motifs is 2. The van der Waals surface area contributed by atoms with Gasteiger partial charge in [-0.3, -0.25) is 9.59 Å². The average Bonchev–Trinajstić information content (AvgIpc) is 3.27. The molecule has 2 saturated carbocycles. The topological polar surface area (TPSA) is 108 Å². The first-order chi connectivity index (χ1) is 15.5. The van der Waals surface area contributed by atoms with E-state index in [1.807, 2.05) is 6.92 Å². The number of esters is 3. The molecule has 3 aliphatic heterocycles. The van der Waals surface area contributed by atoms with Gasteiger partial charge in [0.05, 0.1) is 18.1 Å². The molecule has 0 bridgehead atoms. The van der Waals surface area contributed by atoms with Crippen molar-refractivity contribution < 1.29 is 38.4 Å². The highest BCUT2D eigenvalue weighted by Crippen LogP contribution is 2.71. The van der Waals surface area contributed by atoms with E-state index < -0.39 is 45.7 Å². The molecule has 1 N–H and O–H groups in total. The second-order valence-electron chi connectivity index (χ2n) is 11.2. The molecule has 0 aromatic carbocycles. The maximum Gasteiger partial charge on any atom is 0.334 e. The van der Waals surface area contributed by atoms with Crippen LogP contribution in [-0.4, -0.2) is 59.1 Å². The first-order valence-electron chi connectivity index (χ1n) is 12.0. The fourth-order valence-corrected chi connectivity index (χ4v) is 7.75. The van der Waals surface area contributed by atoms with Crippen LogP contribution in [0.1, 0.15) is 72.6 Å². The van der Waals surface area contributed by atoms with Crippen LogP contribution in [0.4, 0.5) is 0 Å². The third-order valence-corrected chi connectivity index (χ3v) is 9.78. The Morgan fingerprint density at radius 2 is 1.91 bits per heavy atom. The van der Waals surface area contributed by atoms with Gasteiger partial charge in [-0.25, -0.2) is 4.79 Å². The quantitative estimate of drug-likeness (QED) is 0.379. The van der Waals surface area contributed by atoms with E-state index in [-0.39, 0.29) is 37.9 Å². The van der Waals surface area contributed by atoms with Crippen molar-refractivity contribution >= 4 is 17.9 Å². The molecule has 8 heteroatoms. The zero-order valence-electron chi connectivity index (χ0n) is 19.9. The highest BCUT2D eigenvalue weighted by Gasteiger charge is 2.81. The summed E-state index contributed by atoms with van der Waals surface area (Å²) < 4.78 is 23.7.